The predicted octanol–water partition coefficient (Wildman–Crippen LogP) is 3.67. The highest BCUT2D eigenvalue weighted by Gasteiger charge is 2.52. The number of aromatic nitrogens is 2. The fourth-order valence-electron chi connectivity index (χ4n) is 2.35. The Balaban J connectivity index is 0.000000849. The Kier molecular flexibility index (Phi) is 5.65. The summed E-state index contributed by atoms with van der Waals surface area (Å²) in [6, 6.07) is 3.48. The van der Waals surface area contributed by atoms with Crippen molar-refractivity contribution in [3.63, 3.8) is 0 Å². The van der Waals surface area contributed by atoms with Crippen LogP contribution in [0.3, 0.4) is 0 Å². The number of hydrogen-bond donors (Lipinski definition) is 0. The van der Waals surface area contributed by atoms with Crippen molar-refractivity contribution in [2.75, 3.05) is 0 Å². The van der Waals surface area contributed by atoms with Crippen LogP contribution in [0, 0.1) is 5.82 Å². The molecule has 0 N–H and O–H groups in total. The molecule has 1 aromatic carbocycles. The van der Waals surface area contributed by atoms with Crippen LogP contribution in [0.15, 0.2) is 18.3 Å². The monoisotopic (exact) mass is 322 g/mol. The third-order valence-corrected chi connectivity index (χ3v) is 4.28. The molecule has 0 spiro atoms. The zero-order chi connectivity index (χ0) is 16.7. The van der Waals surface area contributed by atoms with Crippen molar-refractivity contribution in [2.24, 2.45) is 7.05 Å². The number of hydrogen-bond acceptors (Lipinski definition) is 3. The number of aryl methyl sites for hydroxylation is 1. The average molecular weight is 322 g/mol. The molecule has 0 radical (unpaired) electrons. The molecule has 1 aliphatic heterocycles. The van der Waals surface area contributed by atoms with Gasteiger partial charge in [0.25, 0.3) is 0 Å². The summed E-state index contributed by atoms with van der Waals surface area (Å²) in [7, 11) is 1.08. The number of benzene rings is 1. The second kappa shape index (κ2) is 6.61. The summed E-state index contributed by atoms with van der Waals surface area (Å²) >= 11 is 0. The maximum absolute atomic E-state index is 14.6. The van der Waals surface area contributed by atoms with E-state index in [1.54, 1.807) is 30.1 Å². The molecule has 0 aliphatic carbocycles. The van der Waals surface area contributed by atoms with Gasteiger partial charge in [0, 0.05) is 18.7 Å². The van der Waals surface area contributed by atoms with Gasteiger partial charge in [0.1, 0.15) is 5.82 Å². The van der Waals surface area contributed by atoms with E-state index in [2.05, 4.69) is 5.10 Å². The molecule has 4 nitrogen and oxygen atoms in total. The first-order chi connectivity index (χ1) is 10.2. The molecule has 1 saturated heterocycles. The summed E-state index contributed by atoms with van der Waals surface area (Å²) in [6.45, 7) is 11.8. The Morgan fingerprint density at radius 2 is 1.61 bits per heavy atom. The summed E-state index contributed by atoms with van der Waals surface area (Å²) in [6.07, 6.45) is 1.67. The minimum atomic E-state index is -0.690. The van der Waals surface area contributed by atoms with E-state index in [-0.39, 0.29) is 13.2 Å². The van der Waals surface area contributed by atoms with Gasteiger partial charge in [-0.25, -0.2) is 4.39 Å². The van der Waals surface area contributed by atoms with E-state index < -0.39 is 18.3 Å². The molecule has 0 bridgehead atoms. The van der Waals surface area contributed by atoms with Crippen molar-refractivity contribution < 1.29 is 13.7 Å². The lowest BCUT2D eigenvalue weighted by Crippen LogP contribution is -2.41. The summed E-state index contributed by atoms with van der Waals surface area (Å²) in [5.41, 5.74) is 0.0940. The Morgan fingerprint density at radius 1 is 1.09 bits per heavy atom. The third kappa shape index (κ3) is 3.28. The topological polar surface area (TPSA) is 36.3 Å². The third-order valence-electron chi connectivity index (χ3n) is 4.28. The zero-order valence-electron chi connectivity index (χ0n) is 14.4. The number of nitrogens with zero attached hydrogens (tertiary/aromatic N) is 2. The largest absolute Gasteiger partial charge is 0.497 e. The summed E-state index contributed by atoms with van der Waals surface area (Å²) in [4.78, 5) is 0. The van der Waals surface area contributed by atoms with E-state index in [0.717, 1.165) is 0 Å². The number of rotatable bonds is 1. The van der Waals surface area contributed by atoms with Crippen LogP contribution in [0.5, 0.6) is 0 Å². The van der Waals surface area contributed by atoms with Gasteiger partial charge in [-0.15, -0.1) is 0 Å². The molecular weight excluding hydrogens is 294 g/mol. The van der Waals surface area contributed by atoms with Crippen molar-refractivity contribution in [3.05, 3.63) is 24.1 Å². The summed E-state index contributed by atoms with van der Waals surface area (Å²) in [5.74, 6) is -0.325. The first kappa shape index (κ1) is 19.7. The molecule has 0 unspecified atom stereocenters. The Labute approximate surface area is 139 Å². The molecule has 128 valence electrons. The predicted molar refractivity (Wildman–Crippen MR) is 94.5 cm³/mol. The van der Waals surface area contributed by atoms with Crippen molar-refractivity contribution >= 4 is 23.5 Å². The number of fused-ring (bicyclic) bond motifs is 1. The minimum Gasteiger partial charge on any atom is -0.399 e. The van der Waals surface area contributed by atoms with Crippen molar-refractivity contribution in [1.29, 1.82) is 0 Å². The van der Waals surface area contributed by atoms with Crippen LogP contribution < -0.4 is 5.46 Å². The van der Waals surface area contributed by atoms with Crippen LogP contribution in [-0.2, 0) is 16.4 Å². The summed E-state index contributed by atoms with van der Waals surface area (Å²) in [5, 5.41) is 4.68. The van der Waals surface area contributed by atoms with E-state index in [1.165, 1.54) is 0 Å². The van der Waals surface area contributed by atoms with Crippen LogP contribution in [0.4, 0.5) is 4.39 Å². The maximum Gasteiger partial charge on any atom is 0.497 e. The fraction of sp³-hybridized carbons (Fsp3) is 0.588. The Bertz CT molecular complexity index is 667. The minimum absolute atomic E-state index is 0. The van der Waals surface area contributed by atoms with Crippen LogP contribution in [-0.4, -0.2) is 28.1 Å². The van der Waals surface area contributed by atoms with E-state index in [4.69, 9.17) is 9.31 Å². The van der Waals surface area contributed by atoms with Gasteiger partial charge in [-0.1, -0.05) is 27.3 Å². The molecule has 1 aliphatic rings. The highest BCUT2D eigenvalue weighted by Crippen LogP contribution is 2.36. The van der Waals surface area contributed by atoms with Gasteiger partial charge in [0.2, 0.25) is 0 Å². The van der Waals surface area contributed by atoms with Crippen LogP contribution in [0.25, 0.3) is 10.9 Å². The maximum atomic E-state index is 14.6. The molecule has 0 saturated carbocycles. The van der Waals surface area contributed by atoms with Gasteiger partial charge in [-0.2, -0.15) is 5.10 Å². The lowest BCUT2D eigenvalue weighted by Gasteiger charge is -2.32. The quantitative estimate of drug-likeness (QED) is 0.752. The molecule has 1 fully saturated rings. The fourth-order valence-corrected chi connectivity index (χ4v) is 2.35. The van der Waals surface area contributed by atoms with E-state index >= 15 is 0 Å². The standard InChI is InChI=1S/C14H18BFN2O2.C2H6.CH4/c1-13(2)14(3,4)20-15(19-13)10-6-7-11-9(12(10)16)8-18(5)17-11;1-2;/h6-8H,1-5H3;1-2H3;1H4. The zero-order valence-corrected chi connectivity index (χ0v) is 14.4. The molecule has 6 heteroatoms. The van der Waals surface area contributed by atoms with Gasteiger partial charge < -0.3 is 9.31 Å². The molecular formula is C17H28BFN2O2. The van der Waals surface area contributed by atoms with E-state index in [1.807, 2.05) is 41.5 Å². The smallest absolute Gasteiger partial charge is 0.399 e. The highest BCUT2D eigenvalue weighted by molar-refractivity contribution is 6.62. The van der Waals surface area contributed by atoms with Gasteiger partial charge in [0.15, 0.2) is 0 Å². The first-order valence-corrected chi connectivity index (χ1v) is 7.69. The molecule has 2 heterocycles. The van der Waals surface area contributed by atoms with Crippen LogP contribution in [0.2, 0.25) is 0 Å². The normalized spacial score (nSPS) is 18.3. The second-order valence-corrected chi connectivity index (χ2v) is 6.29. The summed E-state index contributed by atoms with van der Waals surface area (Å²) < 4.78 is 28.0. The average Bonchev–Trinajstić information content (AvgIpc) is 2.90. The lowest BCUT2D eigenvalue weighted by atomic mass is 9.78. The lowest BCUT2D eigenvalue weighted by molar-refractivity contribution is 0.00578. The Hall–Kier alpha value is -1.40. The molecule has 2 aromatic rings. The van der Waals surface area contributed by atoms with Crippen molar-refractivity contribution in [1.82, 2.24) is 9.78 Å². The molecule has 1 aromatic heterocycles. The van der Waals surface area contributed by atoms with Crippen molar-refractivity contribution in [3.8, 4) is 0 Å². The van der Waals surface area contributed by atoms with Gasteiger partial charge in [-0.05, 0) is 33.8 Å². The van der Waals surface area contributed by atoms with Crippen LogP contribution in [0.1, 0.15) is 49.0 Å². The van der Waals surface area contributed by atoms with Gasteiger partial charge in [0.05, 0.1) is 22.1 Å². The van der Waals surface area contributed by atoms with Gasteiger partial charge >= 0.3 is 7.12 Å². The second-order valence-electron chi connectivity index (χ2n) is 6.29. The highest BCUT2D eigenvalue weighted by atomic mass is 19.1. The molecule has 0 atom stereocenters. The SMILES string of the molecule is C.CC.Cn1cc2c(F)c(B3OC(C)(C)C(C)(C)O3)ccc2n1. The van der Waals surface area contributed by atoms with Crippen molar-refractivity contribution in [2.45, 2.75) is 60.2 Å². The van der Waals surface area contributed by atoms with Crippen LogP contribution >= 0.6 is 0 Å². The van der Waals surface area contributed by atoms with E-state index in [9.17, 15) is 4.39 Å². The first-order valence-electron chi connectivity index (χ1n) is 7.69. The molecule has 0 amide bonds. The molecule has 3 rings (SSSR count). The molecule has 23 heavy (non-hydrogen) atoms. The Morgan fingerprint density at radius 3 is 2.13 bits per heavy atom. The van der Waals surface area contributed by atoms with E-state index in [0.29, 0.717) is 16.4 Å². The van der Waals surface area contributed by atoms with Gasteiger partial charge in [-0.3, -0.25) is 4.68 Å². The number of halogens is 1.